The molecule has 0 unspecified atom stereocenters. The van der Waals surface area contributed by atoms with Gasteiger partial charge in [0.15, 0.2) is 0 Å². The number of nitriles is 1. The molecule has 4 heteroatoms. The average molecular weight is 195 g/mol. The molecule has 1 aliphatic rings. The summed E-state index contributed by atoms with van der Waals surface area (Å²) in [6, 6.07) is 2.23. The van der Waals surface area contributed by atoms with Crippen LogP contribution in [0, 0.1) is 16.7 Å². The zero-order valence-corrected chi connectivity index (χ0v) is 9.00. The molecule has 0 aromatic rings. The fourth-order valence-electron chi connectivity index (χ4n) is 1.34. The average Bonchev–Trinajstić information content (AvgIpc) is 2.09. The highest BCUT2D eigenvalue weighted by Crippen LogP contribution is 2.15. The third-order valence-corrected chi connectivity index (χ3v) is 2.59. The first-order valence-corrected chi connectivity index (χ1v) is 4.94. The van der Waals surface area contributed by atoms with E-state index in [4.69, 9.17) is 5.26 Å². The normalized spacial score (nSPS) is 18.4. The van der Waals surface area contributed by atoms with Crippen LogP contribution in [0.4, 0.5) is 0 Å². The first-order chi connectivity index (χ1) is 6.49. The topological polar surface area (TPSA) is 56.1 Å². The summed E-state index contributed by atoms with van der Waals surface area (Å²) in [5, 5.41) is 11.6. The lowest BCUT2D eigenvalue weighted by molar-refractivity contribution is -0.128. The number of hydrogen-bond acceptors (Lipinski definition) is 3. The highest BCUT2D eigenvalue weighted by molar-refractivity contribution is 5.84. The van der Waals surface area contributed by atoms with Gasteiger partial charge in [-0.2, -0.15) is 5.26 Å². The largest absolute Gasteiger partial charge is 0.349 e. The number of likely N-dealkylation sites (N-methyl/N-ethyl adjacent to an activating group) is 1. The van der Waals surface area contributed by atoms with E-state index in [0.717, 1.165) is 19.6 Å². The van der Waals surface area contributed by atoms with E-state index in [0.29, 0.717) is 0 Å². The Morgan fingerprint density at radius 1 is 1.64 bits per heavy atom. The number of hydrogen-bond donors (Lipinski definition) is 1. The summed E-state index contributed by atoms with van der Waals surface area (Å²) in [5.41, 5.74) is -0.910. The molecular weight excluding hydrogens is 178 g/mol. The monoisotopic (exact) mass is 195 g/mol. The molecule has 0 atom stereocenters. The highest BCUT2D eigenvalue weighted by atomic mass is 16.2. The van der Waals surface area contributed by atoms with Gasteiger partial charge in [-0.05, 0) is 20.4 Å². The van der Waals surface area contributed by atoms with E-state index in [-0.39, 0.29) is 11.9 Å². The van der Waals surface area contributed by atoms with Crippen LogP contribution in [-0.2, 0) is 4.79 Å². The molecule has 0 aromatic carbocycles. The second-order valence-corrected chi connectivity index (χ2v) is 4.26. The molecular formula is C10H17N3O. The van der Waals surface area contributed by atoms with E-state index in [9.17, 15) is 4.79 Å². The van der Waals surface area contributed by atoms with Crippen LogP contribution < -0.4 is 5.32 Å². The van der Waals surface area contributed by atoms with Crippen LogP contribution >= 0.6 is 0 Å². The lowest BCUT2D eigenvalue weighted by Gasteiger charge is -2.39. The Bertz CT molecular complexity index is 261. The summed E-state index contributed by atoms with van der Waals surface area (Å²) in [7, 11) is 0. The van der Waals surface area contributed by atoms with Crippen LogP contribution in [0.25, 0.3) is 0 Å². The Kier molecular flexibility index (Phi) is 3.12. The van der Waals surface area contributed by atoms with Gasteiger partial charge < -0.3 is 5.32 Å². The second-order valence-electron chi connectivity index (χ2n) is 4.26. The Balaban J connectivity index is 2.34. The van der Waals surface area contributed by atoms with E-state index in [1.54, 1.807) is 13.8 Å². The quantitative estimate of drug-likeness (QED) is 0.707. The molecule has 1 aliphatic heterocycles. The molecule has 1 heterocycles. The predicted octanol–water partition coefficient (Wildman–Crippen LogP) is 0.356. The van der Waals surface area contributed by atoms with Crippen molar-refractivity contribution in [3.63, 3.8) is 0 Å². The molecule has 0 aliphatic carbocycles. The zero-order valence-electron chi connectivity index (χ0n) is 9.00. The molecule has 1 N–H and O–H groups in total. The minimum atomic E-state index is -0.910. The fraction of sp³-hybridized carbons (Fsp3) is 0.800. The van der Waals surface area contributed by atoms with Crippen molar-refractivity contribution in [1.29, 1.82) is 5.26 Å². The SMILES string of the molecule is CCN1CC(NC(=O)C(C)(C)C#N)C1. The van der Waals surface area contributed by atoms with Gasteiger partial charge in [0.2, 0.25) is 5.91 Å². The predicted molar refractivity (Wildman–Crippen MR) is 53.4 cm³/mol. The number of nitrogens with zero attached hydrogens (tertiary/aromatic N) is 2. The van der Waals surface area contributed by atoms with Crippen LogP contribution in [0.2, 0.25) is 0 Å². The van der Waals surface area contributed by atoms with Gasteiger partial charge >= 0.3 is 0 Å². The molecule has 4 nitrogen and oxygen atoms in total. The Morgan fingerprint density at radius 2 is 2.21 bits per heavy atom. The minimum absolute atomic E-state index is 0.166. The first kappa shape index (κ1) is 11.0. The second kappa shape index (κ2) is 3.97. The molecule has 0 spiro atoms. The van der Waals surface area contributed by atoms with Gasteiger partial charge in [0, 0.05) is 13.1 Å². The van der Waals surface area contributed by atoms with Crippen molar-refractivity contribution >= 4 is 5.91 Å². The number of carbonyl (C=O) groups excluding carboxylic acids is 1. The van der Waals surface area contributed by atoms with Crippen molar-refractivity contribution in [3.05, 3.63) is 0 Å². The molecule has 0 saturated carbocycles. The van der Waals surface area contributed by atoms with Crippen molar-refractivity contribution in [2.75, 3.05) is 19.6 Å². The maximum Gasteiger partial charge on any atom is 0.240 e. The molecule has 78 valence electrons. The van der Waals surface area contributed by atoms with Gasteiger partial charge in [0.05, 0.1) is 12.1 Å². The molecule has 1 saturated heterocycles. The molecule has 1 fully saturated rings. The maximum atomic E-state index is 11.5. The third-order valence-electron chi connectivity index (χ3n) is 2.59. The van der Waals surface area contributed by atoms with Crippen LogP contribution in [-0.4, -0.2) is 36.5 Å². The fourth-order valence-corrected chi connectivity index (χ4v) is 1.34. The van der Waals surface area contributed by atoms with Crippen molar-refractivity contribution in [2.45, 2.75) is 26.8 Å². The van der Waals surface area contributed by atoms with Crippen molar-refractivity contribution in [1.82, 2.24) is 10.2 Å². The van der Waals surface area contributed by atoms with Gasteiger partial charge in [0.25, 0.3) is 0 Å². The number of amides is 1. The minimum Gasteiger partial charge on any atom is -0.349 e. The Labute approximate surface area is 84.9 Å². The van der Waals surface area contributed by atoms with Crippen molar-refractivity contribution in [2.24, 2.45) is 5.41 Å². The molecule has 0 bridgehead atoms. The third kappa shape index (κ3) is 2.24. The van der Waals surface area contributed by atoms with Crippen LogP contribution in [0.3, 0.4) is 0 Å². The van der Waals surface area contributed by atoms with Crippen LogP contribution in [0.15, 0.2) is 0 Å². The molecule has 0 radical (unpaired) electrons. The number of likely N-dealkylation sites (tertiary alicyclic amines) is 1. The lowest BCUT2D eigenvalue weighted by atomic mass is 9.93. The summed E-state index contributed by atoms with van der Waals surface area (Å²) in [5.74, 6) is -0.166. The van der Waals surface area contributed by atoms with Gasteiger partial charge in [-0.25, -0.2) is 0 Å². The number of rotatable bonds is 3. The Hall–Kier alpha value is -1.08. The molecule has 1 amide bonds. The van der Waals surface area contributed by atoms with E-state index in [2.05, 4.69) is 17.1 Å². The first-order valence-electron chi connectivity index (χ1n) is 4.94. The summed E-state index contributed by atoms with van der Waals surface area (Å²) >= 11 is 0. The van der Waals surface area contributed by atoms with Gasteiger partial charge in [-0.1, -0.05) is 6.92 Å². The van der Waals surface area contributed by atoms with Gasteiger partial charge in [-0.3, -0.25) is 9.69 Å². The molecule has 14 heavy (non-hydrogen) atoms. The highest BCUT2D eigenvalue weighted by Gasteiger charge is 2.33. The molecule has 0 aromatic heterocycles. The number of carbonyl (C=O) groups is 1. The summed E-state index contributed by atoms with van der Waals surface area (Å²) in [6.07, 6.45) is 0. The van der Waals surface area contributed by atoms with Crippen molar-refractivity contribution < 1.29 is 4.79 Å². The van der Waals surface area contributed by atoms with E-state index in [1.165, 1.54) is 0 Å². The number of nitrogens with one attached hydrogen (secondary N) is 1. The van der Waals surface area contributed by atoms with E-state index < -0.39 is 5.41 Å². The standard InChI is InChI=1S/C10H17N3O/c1-4-13-5-8(6-13)12-9(14)10(2,3)7-11/h8H,4-6H2,1-3H3,(H,12,14). The lowest BCUT2D eigenvalue weighted by Crippen LogP contribution is -2.60. The van der Waals surface area contributed by atoms with Crippen molar-refractivity contribution in [3.8, 4) is 6.07 Å². The van der Waals surface area contributed by atoms with E-state index in [1.807, 2.05) is 6.07 Å². The zero-order chi connectivity index (χ0) is 10.8. The van der Waals surface area contributed by atoms with Gasteiger partial charge in [0.1, 0.15) is 5.41 Å². The maximum absolute atomic E-state index is 11.5. The van der Waals surface area contributed by atoms with Gasteiger partial charge in [-0.15, -0.1) is 0 Å². The van der Waals surface area contributed by atoms with E-state index >= 15 is 0 Å². The van der Waals surface area contributed by atoms with Crippen LogP contribution in [0.1, 0.15) is 20.8 Å². The Morgan fingerprint density at radius 3 is 2.64 bits per heavy atom. The summed E-state index contributed by atoms with van der Waals surface area (Å²) in [6.45, 7) is 8.20. The summed E-state index contributed by atoms with van der Waals surface area (Å²) in [4.78, 5) is 13.8. The smallest absolute Gasteiger partial charge is 0.240 e. The van der Waals surface area contributed by atoms with Crippen LogP contribution in [0.5, 0.6) is 0 Å². The summed E-state index contributed by atoms with van der Waals surface area (Å²) < 4.78 is 0. The molecule has 1 rings (SSSR count).